The molecule has 148 valence electrons. The smallest absolute Gasteiger partial charge is 0.262 e. The fourth-order valence-electron chi connectivity index (χ4n) is 2.77. The van der Waals surface area contributed by atoms with E-state index in [1.54, 1.807) is 61.5 Å². The molecule has 0 aromatic heterocycles. The lowest BCUT2D eigenvalue weighted by Gasteiger charge is -2.23. The number of benzene rings is 3. The summed E-state index contributed by atoms with van der Waals surface area (Å²) in [5.74, 6) is 0. The molecule has 0 radical (unpaired) electrons. The average molecular weight is 471 g/mol. The second-order valence-electron chi connectivity index (χ2n) is 6.27. The number of nitrogens with zero attached hydrogens (tertiary/aromatic N) is 1. The summed E-state index contributed by atoms with van der Waals surface area (Å²) >= 11 is 3.37. The van der Waals surface area contributed by atoms with Gasteiger partial charge in [0.05, 0.1) is 16.8 Å². The summed E-state index contributed by atoms with van der Waals surface area (Å²) in [4.78, 5) is 14.3. The van der Waals surface area contributed by atoms with E-state index in [-0.39, 0.29) is 0 Å². The Balaban J connectivity index is 1.90. The number of halogens is 1. The van der Waals surface area contributed by atoms with Crippen LogP contribution in [0.4, 0.5) is 16.2 Å². The number of para-hydroxylation sites is 2. The molecule has 0 aliphatic heterocycles. The van der Waals surface area contributed by atoms with Crippen molar-refractivity contribution in [2.45, 2.75) is 6.92 Å². The van der Waals surface area contributed by atoms with Gasteiger partial charge >= 0.3 is 6.03 Å². The van der Waals surface area contributed by atoms with Crippen LogP contribution in [0.2, 0.25) is 0 Å². The number of carbonyl (C=O) groups is 1. The summed E-state index contributed by atoms with van der Waals surface area (Å²) in [5.41, 5.74) is 2.36. The minimum absolute atomic E-state index is 0.512. The van der Waals surface area contributed by atoms with Gasteiger partial charge in [0, 0.05) is 4.47 Å². The largest absolute Gasteiger partial charge is 0.340 e. The molecule has 2 amide bonds. The number of hydrogen-bond acceptors (Lipinski definition) is 3. The van der Waals surface area contributed by atoms with Crippen molar-refractivity contribution in [2.24, 2.45) is 0 Å². The maximum absolute atomic E-state index is 12.9. The number of rotatable bonds is 5. The minimum atomic E-state index is -4.02. The van der Waals surface area contributed by atoms with Crippen molar-refractivity contribution in [3.05, 3.63) is 100 Å². The first-order chi connectivity index (χ1) is 13.9. The van der Waals surface area contributed by atoms with E-state index in [0.717, 1.165) is 15.4 Å². The summed E-state index contributed by atoms with van der Waals surface area (Å²) in [7, 11) is -4.02. The molecule has 0 unspecified atom stereocenters. The highest BCUT2D eigenvalue weighted by Gasteiger charge is 2.22. The fourth-order valence-corrected chi connectivity index (χ4v) is 4.16. The molecule has 0 saturated heterocycles. The van der Waals surface area contributed by atoms with Crippen LogP contribution in [0.3, 0.4) is 0 Å². The highest BCUT2D eigenvalue weighted by atomic mass is 79.9. The first-order valence-corrected chi connectivity index (χ1v) is 11.1. The van der Waals surface area contributed by atoms with Gasteiger partial charge in [0.25, 0.3) is 10.0 Å². The molecule has 0 atom stereocenters. The van der Waals surface area contributed by atoms with Crippen LogP contribution in [0.1, 0.15) is 12.5 Å². The number of anilines is 2. The van der Waals surface area contributed by atoms with Crippen LogP contribution in [0.15, 0.2) is 94.8 Å². The van der Waals surface area contributed by atoms with Crippen molar-refractivity contribution in [1.29, 1.82) is 0 Å². The molecule has 0 saturated carbocycles. The number of sulfonamides is 1. The molecule has 0 bridgehead atoms. The monoisotopic (exact) mass is 470 g/mol. The summed E-state index contributed by atoms with van der Waals surface area (Å²) in [6.07, 6.45) is 0. The Hall–Kier alpha value is -2.90. The molecule has 0 aliphatic carbocycles. The minimum Gasteiger partial charge on any atom is -0.262 e. The molecule has 0 heterocycles. The van der Waals surface area contributed by atoms with Gasteiger partial charge in [-0.2, -0.15) is 0 Å². The molecular formula is C22H19BrN2O3S. The number of hydrogen-bond donors (Lipinski definition) is 1. The maximum atomic E-state index is 12.9. The first-order valence-electron chi connectivity index (χ1n) is 8.77. The van der Waals surface area contributed by atoms with Gasteiger partial charge in [0.1, 0.15) is 0 Å². The summed E-state index contributed by atoms with van der Waals surface area (Å²) in [5, 5.41) is 1.06. The van der Waals surface area contributed by atoms with Gasteiger partial charge in [0.15, 0.2) is 0 Å². The van der Waals surface area contributed by atoms with Crippen molar-refractivity contribution in [1.82, 2.24) is 4.72 Å². The van der Waals surface area contributed by atoms with E-state index in [9.17, 15) is 13.2 Å². The molecule has 1 N–H and O–H groups in total. The molecule has 3 aromatic rings. The molecule has 3 rings (SSSR count). The molecule has 0 spiro atoms. The summed E-state index contributed by atoms with van der Waals surface area (Å²) in [6.45, 7) is 1.68. The van der Waals surface area contributed by atoms with E-state index in [1.807, 2.05) is 30.3 Å². The second kappa shape index (κ2) is 9.07. The predicted octanol–water partition coefficient (Wildman–Crippen LogP) is 5.69. The van der Waals surface area contributed by atoms with Gasteiger partial charge in [-0.05, 0) is 54.5 Å². The van der Waals surface area contributed by atoms with Crippen LogP contribution in [-0.2, 0) is 10.0 Å². The van der Waals surface area contributed by atoms with Crippen LogP contribution in [0.5, 0.6) is 0 Å². The Bertz CT molecular complexity index is 1090. The van der Waals surface area contributed by atoms with Crippen LogP contribution < -0.4 is 9.62 Å². The zero-order valence-electron chi connectivity index (χ0n) is 15.6. The summed E-state index contributed by atoms with van der Waals surface area (Å²) in [6, 6.07) is 24.2. The van der Waals surface area contributed by atoms with Crippen LogP contribution in [-0.4, -0.2) is 14.4 Å². The van der Waals surface area contributed by atoms with E-state index in [0.29, 0.717) is 16.9 Å². The third-order valence-electron chi connectivity index (χ3n) is 4.07. The quantitative estimate of drug-likeness (QED) is 0.520. The number of nitrogens with one attached hydrogen (secondary N) is 1. The van der Waals surface area contributed by atoms with Crippen LogP contribution in [0, 0.1) is 0 Å². The van der Waals surface area contributed by atoms with Crippen molar-refractivity contribution in [3.8, 4) is 0 Å². The Kier molecular flexibility index (Phi) is 6.51. The topological polar surface area (TPSA) is 66.5 Å². The zero-order chi connectivity index (χ0) is 20.9. The van der Waals surface area contributed by atoms with Crippen LogP contribution >= 0.6 is 15.9 Å². The molecule has 0 aliphatic rings. The van der Waals surface area contributed by atoms with E-state index < -0.39 is 16.1 Å². The van der Waals surface area contributed by atoms with E-state index in [1.165, 1.54) is 4.90 Å². The summed E-state index contributed by atoms with van der Waals surface area (Å²) < 4.78 is 28.2. The van der Waals surface area contributed by atoms with Gasteiger partial charge in [-0.15, -0.1) is 0 Å². The maximum Gasteiger partial charge on any atom is 0.340 e. The first kappa shape index (κ1) is 20.8. The predicted molar refractivity (Wildman–Crippen MR) is 120 cm³/mol. The van der Waals surface area contributed by atoms with Crippen molar-refractivity contribution in [2.75, 3.05) is 4.90 Å². The SMILES string of the molecule is C/C(=C\S(=O)(=O)NC(=O)N(c1ccccc1)c1ccccc1)c1cccc(Br)c1. The standard InChI is InChI=1S/C22H19BrN2O3S/c1-17(18-9-8-10-19(23)15-18)16-29(27,28)24-22(26)25(20-11-4-2-5-12-20)21-13-6-3-7-14-21/h2-16H,1H3,(H,24,26)/b17-16+. The normalized spacial score (nSPS) is 11.7. The third-order valence-corrected chi connectivity index (χ3v) is 5.69. The Morgan fingerprint density at radius 2 is 1.45 bits per heavy atom. The van der Waals surface area contributed by atoms with Gasteiger partial charge < -0.3 is 0 Å². The Morgan fingerprint density at radius 1 is 0.897 bits per heavy atom. The van der Waals surface area contributed by atoms with Crippen molar-refractivity contribution in [3.63, 3.8) is 0 Å². The van der Waals surface area contributed by atoms with E-state index >= 15 is 0 Å². The van der Waals surface area contributed by atoms with Gasteiger partial charge in [-0.3, -0.25) is 4.90 Å². The highest BCUT2D eigenvalue weighted by Crippen LogP contribution is 2.25. The Morgan fingerprint density at radius 3 is 1.97 bits per heavy atom. The number of allylic oxidation sites excluding steroid dienone is 1. The van der Waals surface area contributed by atoms with E-state index in [4.69, 9.17) is 0 Å². The van der Waals surface area contributed by atoms with Gasteiger partial charge in [0.2, 0.25) is 0 Å². The van der Waals surface area contributed by atoms with Crippen LogP contribution in [0.25, 0.3) is 5.57 Å². The average Bonchev–Trinajstić information content (AvgIpc) is 2.69. The molecule has 7 heteroatoms. The lowest BCUT2D eigenvalue weighted by molar-refractivity contribution is 0.253. The number of urea groups is 1. The molecule has 0 fully saturated rings. The van der Waals surface area contributed by atoms with E-state index in [2.05, 4.69) is 20.7 Å². The van der Waals surface area contributed by atoms with Crippen molar-refractivity contribution < 1.29 is 13.2 Å². The Labute approximate surface area is 178 Å². The highest BCUT2D eigenvalue weighted by molar-refractivity contribution is 9.10. The molecule has 29 heavy (non-hydrogen) atoms. The van der Waals surface area contributed by atoms with Gasteiger partial charge in [-0.1, -0.05) is 64.5 Å². The lowest BCUT2D eigenvalue weighted by atomic mass is 10.1. The van der Waals surface area contributed by atoms with Gasteiger partial charge in [-0.25, -0.2) is 17.9 Å². The second-order valence-corrected chi connectivity index (χ2v) is 8.72. The lowest BCUT2D eigenvalue weighted by Crippen LogP contribution is -2.39. The molecule has 3 aromatic carbocycles. The number of amides is 2. The number of carbonyl (C=O) groups excluding carboxylic acids is 1. The zero-order valence-corrected chi connectivity index (χ0v) is 18.0. The third kappa shape index (κ3) is 5.56. The fraction of sp³-hybridized carbons (Fsp3) is 0.0455. The molecule has 5 nitrogen and oxygen atoms in total. The molecular weight excluding hydrogens is 452 g/mol. The van der Waals surface area contributed by atoms with Crippen molar-refractivity contribution >= 4 is 48.9 Å².